The topological polar surface area (TPSA) is 93.3 Å². The summed E-state index contributed by atoms with van der Waals surface area (Å²) in [4.78, 5) is 26.4. The second-order valence-corrected chi connectivity index (χ2v) is 4.32. The molecule has 0 aliphatic heterocycles. The van der Waals surface area contributed by atoms with Gasteiger partial charge >= 0.3 is 5.97 Å². The van der Waals surface area contributed by atoms with E-state index in [1.807, 2.05) is 30.3 Å². The molecule has 0 fully saturated rings. The van der Waals surface area contributed by atoms with Crippen LogP contribution in [0.1, 0.15) is 24.5 Å². The van der Waals surface area contributed by atoms with Gasteiger partial charge in [-0.05, 0) is 18.6 Å². The third-order valence-electron chi connectivity index (χ3n) is 2.97. The Bertz CT molecular complexity index is 625. The molecule has 0 radical (unpaired) electrons. The predicted octanol–water partition coefficient (Wildman–Crippen LogP) is 1.67. The summed E-state index contributed by atoms with van der Waals surface area (Å²) in [5.74, 6) is -2.17. The van der Waals surface area contributed by atoms with E-state index in [-0.39, 0.29) is 12.8 Å². The van der Waals surface area contributed by atoms with E-state index < -0.39 is 17.8 Å². The number of amides is 1. The highest BCUT2D eigenvalue weighted by molar-refractivity contribution is 5.84. The van der Waals surface area contributed by atoms with Crippen molar-refractivity contribution in [3.05, 3.63) is 42.1 Å². The standard InChI is InChI=1S/C14H14N2O3/c15-14(19)10(6-8-13(17)18)12-7-5-9-3-1-2-4-11(9)16-12/h1-5,7,10H,6,8H2,(H2,15,19)(H,17,18). The normalized spacial score (nSPS) is 12.2. The van der Waals surface area contributed by atoms with Crippen molar-refractivity contribution in [3.63, 3.8) is 0 Å². The van der Waals surface area contributed by atoms with Crippen LogP contribution in [0.2, 0.25) is 0 Å². The Balaban J connectivity index is 2.33. The number of carbonyl (C=O) groups excluding carboxylic acids is 1. The van der Waals surface area contributed by atoms with Crippen LogP contribution >= 0.6 is 0 Å². The molecule has 1 aromatic carbocycles. The molecular weight excluding hydrogens is 244 g/mol. The van der Waals surface area contributed by atoms with Crippen molar-refractivity contribution in [3.8, 4) is 0 Å². The van der Waals surface area contributed by atoms with Crippen LogP contribution in [-0.2, 0) is 9.59 Å². The number of aliphatic carboxylic acids is 1. The number of fused-ring (bicyclic) bond motifs is 1. The van der Waals surface area contributed by atoms with Gasteiger partial charge in [-0.1, -0.05) is 24.3 Å². The number of para-hydroxylation sites is 1. The van der Waals surface area contributed by atoms with Crippen LogP contribution in [0, 0.1) is 0 Å². The molecule has 0 saturated heterocycles. The molecule has 2 aromatic rings. The molecule has 98 valence electrons. The Morgan fingerprint density at radius 3 is 2.63 bits per heavy atom. The van der Waals surface area contributed by atoms with Crippen LogP contribution in [0.15, 0.2) is 36.4 Å². The molecule has 2 rings (SSSR count). The molecule has 0 saturated carbocycles. The third kappa shape index (κ3) is 3.07. The summed E-state index contributed by atoms with van der Waals surface area (Å²) in [5, 5.41) is 9.66. The minimum Gasteiger partial charge on any atom is -0.481 e. The number of hydrogen-bond acceptors (Lipinski definition) is 3. The summed E-state index contributed by atoms with van der Waals surface area (Å²) >= 11 is 0. The molecule has 0 bridgehead atoms. The van der Waals surface area contributed by atoms with Crippen molar-refractivity contribution in [2.45, 2.75) is 18.8 Å². The molecular formula is C14H14N2O3. The van der Waals surface area contributed by atoms with Gasteiger partial charge in [-0.15, -0.1) is 0 Å². The van der Waals surface area contributed by atoms with Crippen molar-refractivity contribution < 1.29 is 14.7 Å². The zero-order chi connectivity index (χ0) is 13.8. The van der Waals surface area contributed by atoms with Crippen molar-refractivity contribution in [1.82, 2.24) is 4.98 Å². The van der Waals surface area contributed by atoms with Crippen molar-refractivity contribution in [2.24, 2.45) is 5.73 Å². The van der Waals surface area contributed by atoms with Gasteiger partial charge in [0.15, 0.2) is 0 Å². The van der Waals surface area contributed by atoms with E-state index in [2.05, 4.69) is 4.98 Å². The number of carboxylic acids is 1. The van der Waals surface area contributed by atoms with E-state index in [0.29, 0.717) is 5.69 Å². The number of nitrogens with zero attached hydrogens (tertiary/aromatic N) is 1. The summed E-state index contributed by atoms with van der Waals surface area (Å²) in [7, 11) is 0. The Kier molecular flexibility index (Phi) is 3.75. The number of primary amides is 1. The maximum absolute atomic E-state index is 11.4. The van der Waals surface area contributed by atoms with Gasteiger partial charge in [0, 0.05) is 11.8 Å². The highest BCUT2D eigenvalue weighted by Crippen LogP contribution is 2.22. The van der Waals surface area contributed by atoms with Gasteiger partial charge in [0.2, 0.25) is 5.91 Å². The van der Waals surface area contributed by atoms with Crippen LogP contribution < -0.4 is 5.73 Å². The van der Waals surface area contributed by atoms with Gasteiger partial charge in [-0.2, -0.15) is 0 Å². The molecule has 5 heteroatoms. The number of rotatable bonds is 5. The zero-order valence-corrected chi connectivity index (χ0v) is 10.2. The van der Waals surface area contributed by atoms with Gasteiger partial charge in [-0.25, -0.2) is 0 Å². The molecule has 1 unspecified atom stereocenters. The molecule has 0 aliphatic carbocycles. The largest absolute Gasteiger partial charge is 0.481 e. The van der Waals surface area contributed by atoms with E-state index >= 15 is 0 Å². The first kappa shape index (κ1) is 13.0. The minimum atomic E-state index is -0.952. The lowest BCUT2D eigenvalue weighted by molar-refractivity contribution is -0.137. The van der Waals surface area contributed by atoms with Crippen LogP contribution in [0.25, 0.3) is 10.9 Å². The van der Waals surface area contributed by atoms with Gasteiger partial charge in [0.1, 0.15) is 0 Å². The number of carboxylic acid groups (broad SMARTS) is 1. The molecule has 1 aromatic heterocycles. The highest BCUT2D eigenvalue weighted by atomic mass is 16.4. The molecule has 0 aliphatic rings. The first-order valence-electron chi connectivity index (χ1n) is 5.94. The predicted molar refractivity (Wildman–Crippen MR) is 70.5 cm³/mol. The summed E-state index contributed by atoms with van der Waals surface area (Å²) < 4.78 is 0. The van der Waals surface area contributed by atoms with Gasteiger partial charge < -0.3 is 10.8 Å². The van der Waals surface area contributed by atoms with E-state index in [9.17, 15) is 9.59 Å². The number of benzene rings is 1. The molecule has 19 heavy (non-hydrogen) atoms. The Morgan fingerprint density at radius 2 is 1.95 bits per heavy atom. The SMILES string of the molecule is NC(=O)C(CCC(=O)O)c1ccc2ccccc2n1. The average Bonchev–Trinajstić information content (AvgIpc) is 2.38. The lowest BCUT2D eigenvalue weighted by Gasteiger charge is -2.12. The summed E-state index contributed by atoms with van der Waals surface area (Å²) in [6.07, 6.45) is 0.0537. The number of nitrogens with two attached hydrogens (primary N) is 1. The maximum Gasteiger partial charge on any atom is 0.303 e. The molecule has 1 amide bonds. The number of aromatic nitrogens is 1. The van der Waals surface area contributed by atoms with E-state index in [1.54, 1.807) is 6.07 Å². The zero-order valence-electron chi connectivity index (χ0n) is 10.2. The fraction of sp³-hybridized carbons (Fsp3) is 0.214. The number of hydrogen-bond donors (Lipinski definition) is 2. The summed E-state index contributed by atoms with van der Waals surface area (Å²) in [6, 6.07) is 11.1. The van der Waals surface area contributed by atoms with Crippen LogP contribution in [0.3, 0.4) is 0 Å². The van der Waals surface area contributed by atoms with Crippen LogP contribution in [0.5, 0.6) is 0 Å². The lowest BCUT2D eigenvalue weighted by atomic mass is 9.97. The van der Waals surface area contributed by atoms with E-state index in [1.165, 1.54) is 0 Å². The molecule has 1 atom stereocenters. The van der Waals surface area contributed by atoms with Gasteiger partial charge in [0.25, 0.3) is 0 Å². The highest BCUT2D eigenvalue weighted by Gasteiger charge is 2.20. The van der Waals surface area contributed by atoms with Crippen molar-refractivity contribution in [1.29, 1.82) is 0 Å². The van der Waals surface area contributed by atoms with E-state index in [4.69, 9.17) is 10.8 Å². The van der Waals surface area contributed by atoms with Crippen molar-refractivity contribution in [2.75, 3.05) is 0 Å². The molecule has 0 spiro atoms. The Hall–Kier alpha value is -2.43. The van der Waals surface area contributed by atoms with Gasteiger partial charge in [-0.3, -0.25) is 14.6 Å². The second-order valence-electron chi connectivity index (χ2n) is 4.32. The minimum absolute atomic E-state index is 0.109. The fourth-order valence-electron chi connectivity index (χ4n) is 1.98. The number of pyridine rings is 1. The first-order valence-corrected chi connectivity index (χ1v) is 5.94. The first-order chi connectivity index (χ1) is 9.08. The molecule has 5 nitrogen and oxygen atoms in total. The number of carbonyl (C=O) groups is 2. The van der Waals surface area contributed by atoms with Crippen molar-refractivity contribution >= 4 is 22.8 Å². The van der Waals surface area contributed by atoms with Crippen LogP contribution in [-0.4, -0.2) is 22.0 Å². The van der Waals surface area contributed by atoms with Gasteiger partial charge in [0.05, 0.1) is 17.1 Å². The summed E-state index contributed by atoms with van der Waals surface area (Å²) in [6.45, 7) is 0. The second kappa shape index (κ2) is 5.48. The Labute approximate surface area is 110 Å². The fourth-order valence-corrected chi connectivity index (χ4v) is 1.98. The monoisotopic (exact) mass is 258 g/mol. The Morgan fingerprint density at radius 1 is 1.21 bits per heavy atom. The maximum atomic E-state index is 11.4. The average molecular weight is 258 g/mol. The van der Waals surface area contributed by atoms with E-state index in [0.717, 1.165) is 10.9 Å². The third-order valence-corrected chi connectivity index (χ3v) is 2.97. The molecule has 3 N–H and O–H groups in total. The van der Waals surface area contributed by atoms with Crippen LogP contribution in [0.4, 0.5) is 0 Å². The summed E-state index contributed by atoms with van der Waals surface area (Å²) in [5.41, 5.74) is 6.61. The lowest BCUT2D eigenvalue weighted by Crippen LogP contribution is -2.23. The quantitative estimate of drug-likeness (QED) is 0.853. The molecule has 1 heterocycles. The smallest absolute Gasteiger partial charge is 0.303 e.